The molecule has 0 radical (unpaired) electrons. The second kappa shape index (κ2) is 5.92. The summed E-state index contributed by atoms with van der Waals surface area (Å²) in [6, 6.07) is 8.45. The smallest absolute Gasteiger partial charge is 0.415 e. The zero-order chi connectivity index (χ0) is 18.0. The van der Waals surface area contributed by atoms with Crippen LogP contribution < -0.4 is 9.80 Å². The van der Waals surface area contributed by atoms with Crippen LogP contribution in [0, 0.1) is 11.8 Å². The van der Waals surface area contributed by atoms with E-state index in [-0.39, 0.29) is 18.2 Å². The predicted molar refractivity (Wildman–Crippen MR) is 103 cm³/mol. The quantitative estimate of drug-likeness (QED) is 0.812. The molecule has 0 bridgehead atoms. The lowest BCUT2D eigenvalue weighted by molar-refractivity contribution is 0.130. The van der Waals surface area contributed by atoms with E-state index in [0.717, 1.165) is 29.6 Å². The molecule has 2 unspecified atom stereocenters. The highest BCUT2D eigenvalue weighted by atomic mass is 32.2. The summed E-state index contributed by atoms with van der Waals surface area (Å²) in [7, 11) is 0. The number of aromatic nitrogens is 1. The van der Waals surface area contributed by atoms with E-state index in [4.69, 9.17) is 9.26 Å². The molecule has 3 saturated heterocycles. The van der Waals surface area contributed by atoms with E-state index >= 15 is 0 Å². The van der Waals surface area contributed by atoms with Crippen LogP contribution in [0.4, 0.5) is 16.2 Å². The number of carbonyl (C=O) groups excluding carboxylic acids is 1. The van der Waals surface area contributed by atoms with Crippen molar-refractivity contribution in [1.29, 1.82) is 0 Å². The van der Waals surface area contributed by atoms with Gasteiger partial charge in [0, 0.05) is 31.3 Å². The molecule has 1 aromatic carbocycles. The Bertz CT molecular complexity index is 875. The number of ether oxygens (including phenoxy) is 1. The Morgan fingerprint density at radius 2 is 2.04 bits per heavy atom. The van der Waals surface area contributed by atoms with Gasteiger partial charge in [0.25, 0.3) is 0 Å². The van der Waals surface area contributed by atoms with Crippen molar-refractivity contribution < 1.29 is 14.1 Å². The summed E-state index contributed by atoms with van der Waals surface area (Å²) in [4.78, 5) is 16.8. The van der Waals surface area contributed by atoms with Gasteiger partial charge in [0.05, 0.1) is 17.4 Å². The van der Waals surface area contributed by atoms with E-state index in [1.165, 1.54) is 35.8 Å². The average Bonchev–Trinajstić information content (AvgIpc) is 3.42. The molecule has 3 fully saturated rings. The number of rotatable bonds is 3. The van der Waals surface area contributed by atoms with Crippen molar-refractivity contribution in [3.05, 3.63) is 41.8 Å². The zero-order valence-electron chi connectivity index (χ0n) is 14.9. The van der Waals surface area contributed by atoms with Crippen LogP contribution in [0.25, 0.3) is 0 Å². The highest BCUT2D eigenvalue weighted by Crippen LogP contribution is 2.43. The second-order valence-corrected chi connectivity index (χ2v) is 9.11. The molecule has 4 aliphatic heterocycles. The van der Waals surface area contributed by atoms with Crippen molar-refractivity contribution in [2.75, 3.05) is 34.4 Å². The monoisotopic (exact) mass is 383 g/mol. The molecule has 0 N–H and O–H groups in total. The van der Waals surface area contributed by atoms with Crippen LogP contribution in [0.2, 0.25) is 0 Å². The van der Waals surface area contributed by atoms with Crippen molar-refractivity contribution in [3.8, 4) is 0 Å². The van der Waals surface area contributed by atoms with Gasteiger partial charge in [-0.25, -0.2) is 4.79 Å². The van der Waals surface area contributed by atoms with Crippen molar-refractivity contribution in [2.45, 2.75) is 25.0 Å². The van der Waals surface area contributed by atoms with E-state index < -0.39 is 0 Å². The molecule has 4 aliphatic rings. The molecule has 0 aliphatic carbocycles. The first-order chi connectivity index (χ1) is 13.3. The summed E-state index contributed by atoms with van der Waals surface area (Å²) in [6.45, 7) is 2.33. The standard InChI is InChI=1S/C20H21N3O3S/c24-20-23-17-2-1-16(22-8-13-10-27-11-14(13)9-22)5-12(17)6-18(23)19(26-20)7-15-3-4-25-21-15/h1-5,13-14,18-19H,6-11H2/t13?,14?,18-,19-/m0/s1. The van der Waals surface area contributed by atoms with E-state index in [0.29, 0.717) is 6.42 Å². The minimum absolute atomic E-state index is 0.0498. The van der Waals surface area contributed by atoms with E-state index in [1.807, 2.05) is 11.0 Å². The van der Waals surface area contributed by atoms with Crippen molar-refractivity contribution in [2.24, 2.45) is 11.8 Å². The van der Waals surface area contributed by atoms with Crippen LogP contribution in [-0.4, -0.2) is 48.0 Å². The van der Waals surface area contributed by atoms with Gasteiger partial charge in [0.15, 0.2) is 0 Å². The van der Waals surface area contributed by atoms with Crippen molar-refractivity contribution in [1.82, 2.24) is 5.16 Å². The first-order valence-corrected chi connectivity index (χ1v) is 10.8. The molecule has 27 heavy (non-hydrogen) atoms. The Morgan fingerprint density at radius 1 is 1.19 bits per heavy atom. The summed E-state index contributed by atoms with van der Waals surface area (Å²) in [5.41, 5.74) is 4.39. The number of fused-ring (bicyclic) bond motifs is 4. The fourth-order valence-electron chi connectivity index (χ4n) is 5.08. The number of carbonyl (C=O) groups is 1. The first kappa shape index (κ1) is 15.9. The van der Waals surface area contributed by atoms with Gasteiger partial charge in [-0.3, -0.25) is 4.90 Å². The Hall–Kier alpha value is -2.15. The SMILES string of the molecule is O=C1O[C@@H](Cc2ccon2)[C@@H]2Cc3cc(N4CC5CSCC5C4)ccc3N12. The van der Waals surface area contributed by atoms with Crippen LogP contribution in [-0.2, 0) is 17.6 Å². The summed E-state index contributed by atoms with van der Waals surface area (Å²) in [5.74, 6) is 4.29. The predicted octanol–water partition coefficient (Wildman–Crippen LogP) is 2.97. The third-order valence-electron chi connectivity index (χ3n) is 6.47. The van der Waals surface area contributed by atoms with Gasteiger partial charge in [-0.15, -0.1) is 0 Å². The number of benzene rings is 1. The molecular weight excluding hydrogens is 362 g/mol. The van der Waals surface area contributed by atoms with Gasteiger partial charge >= 0.3 is 6.09 Å². The third-order valence-corrected chi connectivity index (χ3v) is 7.80. The minimum atomic E-state index is -0.243. The van der Waals surface area contributed by atoms with Crippen LogP contribution in [0.3, 0.4) is 0 Å². The summed E-state index contributed by atoms with van der Waals surface area (Å²) in [6.07, 6.45) is 2.57. The Morgan fingerprint density at radius 3 is 2.81 bits per heavy atom. The minimum Gasteiger partial charge on any atom is -0.443 e. The zero-order valence-corrected chi connectivity index (χ0v) is 15.7. The van der Waals surface area contributed by atoms with Crippen molar-refractivity contribution >= 4 is 29.2 Å². The molecule has 6 rings (SSSR count). The number of cyclic esters (lactones) is 1. The lowest BCUT2D eigenvalue weighted by Gasteiger charge is -2.21. The number of amides is 1. The number of anilines is 2. The van der Waals surface area contributed by atoms with E-state index in [2.05, 4.69) is 40.0 Å². The Balaban J connectivity index is 1.25. The van der Waals surface area contributed by atoms with Crippen LogP contribution in [0.1, 0.15) is 11.3 Å². The molecule has 1 amide bonds. The Labute approximate surface area is 161 Å². The van der Waals surface area contributed by atoms with Gasteiger partial charge in [-0.05, 0) is 53.5 Å². The highest BCUT2D eigenvalue weighted by Gasteiger charge is 2.48. The number of thioether (sulfide) groups is 1. The first-order valence-electron chi connectivity index (χ1n) is 9.61. The van der Waals surface area contributed by atoms with Crippen molar-refractivity contribution in [3.63, 3.8) is 0 Å². The highest BCUT2D eigenvalue weighted by molar-refractivity contribution is 7.99. The number of hydrogen-bond acceptors (Lipinski definition) is 6. The van der Waals surface area contributed by atoms with Gasteiger partial charge in [-0.2, -0.15) is 11.8 Å². The molecule has 4 atom stereocenters. The molecular formula is C20H21N3O3S. The van der Waals surface area contributed by atoms with E-state index in [1.54, 1.807) is 6.26 Å². The lowest BCUT2D eigenvalue weighted by atomic mass is 10.0. The second-order valence-electron chi connectivity index (χ2n) is 8.03. The van der Waals surface area contributed by atoms with Gasteiger partial charge in [0.1, 0.15) is 12.4 Å². The molecule has 0 saturated carbocycles. The summed E-state index contributed by atoms with van der Waals surface area (Å²) < 4.78 is 10.5. The Kier molecular flexibility index (Phi) is 3.48. The van der Waals surface area contributed by atoms with Gasteiger partial charge in [-0.1, -0.05) is 5.16 Å². The number of nitrogens with zero attached hydrogens (tertiary/aromatic N) is 3. The van der Waals surface area contributed by atoms with Crippen LogP contribution in [0.5, 0.6) is 0 Å². The van der Waals surface area contributed by atoms with Crippen LogP contribution in [0.15, 0.2) is 35.1 Å². The maximum Gasteiger partial charge on any atom is 0.415 e. The van der Waals surface area contributed by atoms with Crippen LogP contribution >= 0.6 is 11.8 Å². The fourth-order valence-corrected chi connectivity index (χ4v) is 6.58. The normalized spacial score (nSPS) is 31.2. The lowest BCUT2D eigenvalue weighted by Crippen LogP contribution is -2.34. The van der Waals surface area contributed by atoms with Gasteiger partial charge in [0.2, 0.25) is 0 Å². The molecule has 1 aromatic heterocycles. The maximum atomic E-state index is 12.5. The maximum absolute atomic E-state index is 12.5. The third kappa shape index (κ3) is 2.47. The molecule has 7 heteroatoms. The molecule has 140 valence electrons. The molecule has 0 spiro atoms. The summed E-state index contributed by atoms with van der Waals surface area (Å²) >= 11 is 2.10. The average molecular weight is 383 g/mol. The topological polar surface area (TPSA) is 58.8 Å². The number of hydrogen-bond donors (Lipinski definition) is 0. The van der Waals surface area contributed by atoms with Gasteiger partial charge < -0.3 is 14.2 Å². The largest absolute Gasteiger partial charge is 0.443 e. The molecule has 2 aromatic rings. The summed E-state index contributed by atoms with van der Waals surface area (Å²) in [5, 5.41) is 3.97. The fraction of sp³-hybridized carbons (Fsp3) is 0.500. The molecule has 5 heterocycles. The van der Waals surface area contributed by atoms with E-state index in [9.17, 15) is 4.79 Å². The molecule has 6 nitrogen and oxygen atoms in total.